The summed E-state index contributed by atoms with van der Waals surface area (Å²) in [6.07, 6.45) is 0.961. The molecule has 114 valence electrons. The summed E-state index contributed by atoms with van der Waals surface area (Å²) in [6.45, 7) is 7.15. The highest BCUT2D eigenvalue weighted by molar-refractivity contribution is 7.85. The van der Waals surface area contributed by atoms with Gasteiger partial charge in [0, 0.05) is 27.8 Å². The average Bonchev–Trinajstić information content (AvgIpc) is 2.53. The van der Waals surface area contributed by atoms with Crippen molar-refractivity contribution in [1.82, 2.24) is 5.32 Å². The summed E-state index contributed by atoms with van der Waals surface area (Å²) >= 11 is 0. The van der Waals surface area contributed by atoms with E-state index in [0.29, 0.717) is 5.75 Å². The summed E-state index contributed by atoms with van der Waals surface area (Å²) in [5.74, 6) is 0.682. The van der Waals surface area contributed by atoms with Gasteiger partial charge >= 0.3 is 0 Å². The van der Waals surface area contributed by atoms with E-state index >= 15 is 0 Å². The van der Waals surface area contributed by atoms with Crippen LogP contribution in [0.15, 0.2) is 42.5 Å². The van der Waals surface area contributed by atoms with Gasteiger partial charge in [-0.2, -0.15) is 0 Å². The normalized spacial score (nSPS) is 15.8. The number of fused-ring (bicyclic) bond motifs is 1. The van der Waals surface area contributed by atoms with Gasteiger partial charge in [0.05, 0.1) is 0 Å². The molecule has 0 aliphatic heterocycles. The van der Waals surface area contributed by atoms with Gasteiger partial charge in [-0.15, -0.1) is 0 Å². The van der Waals surface area contributed by atoms with Crippen LogP contribution in [0.2, 0.25) is 0 Å². The van der Waals surface area contributed by atoms with Crippen molar-refractivity contribution in [3.05, 3.63) is 48.0 Å². The lowest BCUT2D eigenvalue weighted by Gasteiger charge is -2.20. The Morgan fingerprint density at radius 2 is 1.81 bits per heavy atom. The molecule has 0 saturated heterocycles. The Labute approximate surface area is 130 Å². The maximum Gasteiger partial charge on any atom is 0.0437 e. The molecule has 21 heavy (non-hydrogen) atoms. The number of hydrogen-bond acceptors (Lipinski definition) is 2. The predicted octanol–water partition coefficient (Wildman–Crippen LogP) is 4.04. The molecule has 0 bridgehead atoms. The second-order valence-electron chi connectivity index (χ2n) is 5.48. The fourth-order valence-electron chi connectivity index (χ4n) is 2.46. The van der Waals surface area contributed by atoms with Crippen LogP contribution in [0.4, 0.5) is 0 Å². The first-order valence-corrected chi connectivity index (χ1v) is 9.13. The Hall–Kier alpha value is -1.19. The van der Waals surface area contributed by atoms with Crippen LogP contribution in [0.25, 0.3) is 10.8 Å². The molecule has 0 aromatic heterocycles. The van der Waals surface area contributed by atoms with Crippen molar-refractivity contribution in [1.29, 1.82) is 0 Å². The van der Waals surface area contributed by atoms with E-state index in [2.05, 4.69) is 68.6 Å². The van der Waals surface area contributed by atoms with Crippen LogP contribution in [-0.2, 0) is 10.8 Å². The molecule has 2 rings (SSSR count). The predicted molar refractivity (Wildman–Crippen MR) is 93.1 cm³/mol. The van der Waals surface area contributed by atoms with Crippen molar-refractivity contribution >= 4 is 21.6 Å². The number of rotatable bonds is 7. The highest BCUT2D eigenvalue weighted by Gasteiger charge is 2.17. The van der Waals surface area contributed by atoms with E-state index in [-0.39, 0.29) is 11.3 Å². The Balaban J connectivity index is 2.25. The van der Waals surface area contributed by atoms with Gasteiger partial charge < -0.3 is 5.32 Å². The molecule has 0 fully saturated rings. The fraction of sp³-hybridized carbons (Fsp3) is 0.444. The summed E-state index contributed by atoms with van der Waals surface area (Å²) < 4.78 is 12.4. The molecular weight excluding hydrogens is 278 g/mol. The van der Waals surface area contributed by atoms with Gasteiger partial charge in [0.2, 0.25) is 0 Å². The van der Waals surface area contributed by atoms with E-state index in [0.717, 1.165) is 13.0 Å². The van der Waals surface area contributed by atoms with Gasteiger partial charge in [-0.25, -0.2) is 0 Å². The zero-order valence-electron chi connectivity index (χ0n) is 13.1. The van der Waals surface area contributed by atoms with Crippen LogP contribution in [0.3, 0.4) is 0 Å². The molecule has 2 nitrogen and oxygen atoms in total. The summed E-state index contributed by atoms with van der Waals surface area (Å²) in [7, 11) is -0.793. The fourth-order valence-corrected chi connectivity index (χ4v) is 3.80. The van der Waals surface area contributed by atoms with Crippen molar-refractivity contribution in [3.63, 3.8) is 0 Å². The monoisotopic (exact) mass is 303 g/mol. The SMILES string of the molecule is CCNC(CS(=O)C(C)CC)c1ccc2ccccc2c1. The van der Waals surface area contributed by atoms with Crippen molar-refractivity contribution in [2.45, 2.75) is 38.5 Å². The van der Waals surface area contributed by atoms with E-state index < -0.39 is 10.8 Å². The third-order valence-corrected chi connectivity index (χ3v) is 5.87. The molecule has 0 heterocycles. The zero-order valence-corrected chi connectivity index (χ0v) is 14.0. The van der Waals surface area contributed by atoms with Crippen LogP contribution in [0.5, 0.6) is 0 Å². The van der Waals surface area contributed by atoms with Gasteiger partial charge in [0.1, 0.15) is 0 Å². The molecule has 1 N–H and O–H groups in total. The second kappa shape index (κ2) is 7.71. The Kier molecular flexibility index (Phi) is 5.95. The minimum atomic E-state index is -0.793. The highest BCUT2D eigenvalue weighted by Crippen LogP contribution is 2.22. The molecule has 0 aliphatic carbocycles. The van der Waals surface area contributed by atoms with Crippen LogP contribution in [0, 0.1) is 0 Å². The van der Waals surface area contributed by atoms with Crippen molar-refractivity contribution in [3.8, 4) is 0 Å². The highest BCUT2D eigenvalue weighted by atomic mass is 32.2. The number of benzene rings is 2. The minimum Gasteiger partial charge on any atom is -0.309 e. The third-order valence-electron chi connectivity index (χ3n) is 3.98. The van der Waals surface area contributed by atoms with Gasteiger partial charge in [-0.1, -0.05) is 57.2 Å². The summed E-state index contributed by atoms with van der Waals surface area (Å²) in [5.41, 5.74) is 1.23. The van der Waals surface area contributed by atoms with Crippen molar-refractivity contribution in [2.75, 3.05) is 12.3 Å². The molecule has 0 radical (unpaired) electrons. The second-order valence-corrected chi connectivity index (χ2v) is 7.38. The molecule has 3 unspecified atom stereocenters. The van der Waals surface area contributed by atoms with E-state index in [1.165, 1.54) is 16.3 Å². The van der Waals surface area contributed by atoms with Crippen LogP contribution in [0.1, 0.15) is 38.8 Å². The Bertz CT molecular complexity index is 611. The van der Waals surface area contributed by atoms with Crippen molar-refractivity contribution < 1.29 is 4.21 Å². The molecule has 0 amide bonds. The first-order chi connectivity index (χ1) is 10.2. The van der Waals surface area contributed by atoms with E-state index in [1.54, 1.807) is 0 Å². The van der Waals surface area contributed by atoms with Gasteiger partial charge in [0.25, 0.3) is 0 Å². The minimum absolute atomic E-state index is 0.162. The average molecular weight is 303 g/mol. The lowest BCUT2D eigenvalue weighted by molar-refractivity contribution is 0.591. The standard InChI is InChI=1S/C18H25NOS/c1-4-14(3)21(20)13-18(19-5-2)17-11-10-15-8-6-7-9-16(15)12-17/h6-12,14,18-19H,4-5,13H2,1-3H3. The van der Waals surface area contributed by atoms with E-state index in [4.69, 9.17) is 0 Å². The lowest BCUT2D eigenvalue weighted by atomic mass is 10.0. The van der Waals surface area contributed by atoms with Crippen molar-refractivity contribution in [2.24, 2.45) is 0 Å². The Morgan fingerprint density at radius 1 is 1.10 bits per heavy atom. The van der Waals surface area contributed by atoms with Crippen LogP contribution in [-0.4, -0.2) is 21.8 Å². The summed E-state index contributed by atoms with van der Waals surface area (Å²) in [6, 6.07) is 15.1. The third kappa shape index (κ3) is 4.14. The topological polar surface area (TPSA) is 29.1 Å². The quantitative estimate of drug-likeness (QED) is 0.836. The maximum absolute atomic E-state index is 12.4. The first-order valence-electron chi connectivity index (χ1n) is 7.75. The lowest BCUT2D eigenvalue weighted by Crippen LogP contribution is -2.28. The molecule has 3 heteroatoms. The molecule has 2 aromatic rings. The molecule has 3 atom stereocenters. The van der Waals surface area contributed by atoms with E-state index in [9.17, 15) is 4.21 Å². The van der Waals surface area contributed by atoms with Crippen LogP contribution >= 0.6 is 0 Å². The smallest absolute Gasteiger partial charge is 0.0437 e. The van der Waals surface area contributed by atoms with Crippen LogP contribution < -0.4 is 5.32 Å². The summed E-state index contributed by atoms with van der Waals surface area (Å²) in [4.78, 5) is 0. The van der Waals surface area contributed by atoms with Gasteiger partial charge in [0.15, 0.2) is 0 Å². The van der Waals surface area contributed by atoms with E-state index in [1.807, 2.05) is 0 Å². The number of hydrogen-bond donors (Lipinski definition) is 1. The summed E-state index contributed by atoms with van der Waals surface area (Å²) in [5, 5.41) is 6.23. The number of nitrogens with one attached hydrogen (secondary N) is 1. The van der Waals surface area contributed by atoms with Gasteiger partial charge in [-0.05, 0) is 35.4 Å². The molecule has 0 aliphatic rings. The Morgan fingerprint density at radius 3 is 2.48 bits per heavy atom. The zero-order chi connectivity index (χ0) is 15.2. The molecule has 0 saturated carbocycles. The molecule has 0 spiro atoms. The van der Waals surface area contributed by atoms with Gasteiger partial charge in [-0.3, -0.25) is 4.21 Å². The first kappa shape index (κ1) is 16.2. The maximum atomic E-state index is 12.4. The molecular formula is C18H25NOS. The molecule has 2 aromatic carbocycles. The largest absolute Gasteiger partial charge is 0.309 e.